The largest absolute Gasteiger partial charge is 0.454 e. The summed E-state index contributed by atoms with van der Waals surface area (Å²) in [5, 5.41) is 9.63. The van der Waals surface area contributed by atoms with Crippen LogP contribution >= 0.6 is 0 Å². The quantitative estimate of drug-likeness (QED) is 0.472. The molecule has 8 nitrogen and oxygen atoms in total. The number of aromatic nitrogens is 2. The first-order chi connectivity index (χ1) is 16.2. The van der Waals surface area contributed by atoms with Gasteiger partial charge in [0.2, 0.25) is 5.91 Å². The number of rotatable bonds is 9. The predicted molar refractivity (Wildman–Crippen MR) is 125 cm³/mol. The molecule has 2 N–H and O–H groups in total. The van der Waals surface area contributed by atoms with E-state index < -0.39 is 24.5 Å². The van der Waals surface area contributed by atoms with Crippen LogP contribution in [0.2, 0.25) is 0 Å². The molecule has 0 aliphatic heterocycles. The molecular formula is C25H27FN4O4. The summed E-state index contributed by atoms with van der Waals surface area (Å²) in [7, 11) is 0. The Bertz CT molecular complexity index is 1140. The van der Waals surface area contributed by atoms with Crippen LogP contribution in [0.3, 0.4) is 0 Å². The molecule has 0 saturated heterocycles. The number of nitrogens with zero attached hydrogens (tertiary/aromatic N) is 2. The molecule has 2 amide bonds. The molecule has 9 heteroatoms. The lowest BCUT2D eigenvalue weighted by atomic mass is 10.0. The van der Waals surface area contributed by atoms with Gasteiger partial charge >= 0.3 is 5.97 Å². The van der Waals surface area contributed by atoms with Crippen LogP contribution in [0.25, 0.3) is 5.69 Å². The number of carbonyl (C=O) groups is 3. The fourth-order valence-corrected chi connectivity index (χ4v) is 3.28. The van der Waals surface area contributed by atoms with Crippen LogP contribution in [0.4, 0.5) is 10.2 Å². The highest BCUT2D eigenvalue weighted by molar-refractivity contribution is 5.93. The number of ether oxygens (including phenoxy) is 1. The minimum atomic E-state index is -0.893. The predicted octanol–water partition coefficient (Wildman–Crippen LogP) is 3.19. The van der Waals surface area contributed by atoms with E-state index in [0.29, 0.717) is 17.2 Å². The number of halogens is 1. The summed E-state index contributed by atoms with van der Waals surface area (Å²) in [6.45, 7) is 4.77. The summed E-state index contributed by atoms with van der Waals surface area (Å²) in [4.78, 5) is 37.4. The van der Waals surface area contributed by atoms with Gasteiger partial charge in [-0.05, 0) is 42.7 Å². The SMILES string of the molecule is Cc1cc(NC(=O)COC(=O)[C@@H](NC(=O)Cc2ccccc2)C(C)C)n(-c2ccc(F)cc2)n1. The molecule has 1 aromatic heterocycles. The molecule has 1 atom stereocenters. The van der Waals surface area contributed by atoms with Crippen LogP contribution in [0.5, 0.6) is 0 Å². The zero-order valence-electron chi connectivity index (χ0n) is 19.2. The molecule has 34 heavy (non-hydrogen) atoms. The van der Waals surface area contributed by atoms with Crippen molar-refractivity contribution in [3.8, 4) is 5.69 Å². The molecular weight excluding hydrogens is 439 g/mol. The second-order valence-corrected chi connectivity index (χ2v) is 8.17. The molecule has 0 saturated carbocycles. The highest BCUT2D eigenvalue weighted by Gasteiger charge is 2.26. The summed E-state index contributed by atoms with van der Waals surface area (Å²) >= 11 is 0. The summed E-state index contributed by atoms with van der Waals surface area (Å²) in [6, 6.07) is 15.6. The number of benzene rings is 2. The Labute approximate surface area is 197 Å². The summed E-state index contributed by atoms with van der Waals surface area (Å²) in [5.74, 6) is -1.87. The molecule has 0 aliphatic rings. The van der Waals surface area contributed by atoms with E-state index in [-0.39, 0.29) is 24.1 Å². The van der Waals surface area contributed by atoms with Crippen molar-refractivity contribution in [2.24, 2.45) is 5.92 Å². The lowest BCUT2D eigenvalue weighted by Gasteiger charge is -2.21. The molecule has 2 aromatic carbocycles. The minimum Gasteiger partial charge on any atom is -0.454 e. The average Bonchev–Trinajstić information content (AvgIpc) is 3.16. The zero-order chi connectivity index (χ0) is 24.7. The number of nitrogens with one attached hydrogen (secondary N) is 2. The molecule has 0 radical (unpaired) electrons. The molecule has 0 aliphatic carbocycles. The van der Waals surface area contributed by atoms with Crippen molar-refractivity contribution >= 4 is 23.6 Å². The van der Waals surface area contributed by atoms with E-state index in [1.54, 1.807) is 26.8 Å². The molecule has 1 heterocycles. The number of anilines is 1. The minimum absolute atomic E-state index is 0.130. The van der Waals surface area contributed by atoms with E-state index in [1.165, 1.54) is 28.9 Å². The Balaban J connectivity index is 1.57. The number of aryl methyl sites for hydroxylation is 1. The lowest BCUT2D eigenvalue weighted by Crippen LogP contribution is -2.46. The Kier molecular flexibility index (Phi) is 8.13. The maximum atomic E-state index is 13.2. The van der Waals surface area contributed by atoms with Crippen LogP contribution in [0, 0.1) is 18.7 Å². The van der Waals surface area contributed by atoms with Gasteiger partial charge in [-0.25, -0.2) is 13.9 Å². The molecule has 0 bridgehead atoms. The number of carbonyl (C=O) groups excluding carboxylic acids is 3. The number of amides is 2. The van der Waals surface area contributed by atoms with Gasteiger partial charge in [-0.1, -0.05) is 44.2 Å². The third-order valence-electron chi connectivity index (χ3n) is 4.96. The van der Waals surface area contributed by atoms with Crippen molar-refractivity contribution in [1.82, 2.24) is 15.1 Å². The standard InChI is InChI=1S/C25H27FN4O4/c1-16(2)24(28-22(31)14-18-7-5-4-6-8-18)25(33)34-15-23(32)27-21-13-17(3)29-30(21)20-11-9-19(26)10-12-20/h4-13,16,24H,14-15H2,1-3H3,(H,27,32)(H,28,31)/t24-/m0/s1. The van der Waals surface area contributed by atoms with Crippen LogP contribution < -0.4 is 10.6 Å². The van der Waals surface area contributed by atoms with Crippen LogP contribution in [-0.2, 0) is 25.5 Å². The van der Waals surface area contributed by atoms with Crippen molar-refractivity contribution in [2.75, 3.05) is 11.9 Å². The van der Waals surface area contributed by atoms with E-state index in [2.05, 4.69) is 15.7 Å². The first-order valence-electron chi connectivity index (χ1n) is 10.9. The Morgan fingerprint density at radius 3 is 2.35 bits per heavy atom. The van der Waals surface area contributed by atoms with Crippen molar-refractivity contribution in [3.63, 3.8) is 0 Å². The third kappa shape index (κ3) is 6.74. The lowest BCUT2D eigenvalue weighted by molar-refractivity contribution is -0.151. The molecule has 0 spiro atoms. The topological polar surface area (TPSA) is 102 Å². The van der Waals surface area contributed by atoms with Crippen molar-refractivity contribution < 1.29 is 23.5 Å². The van der Waals surface area contributed by atoms with Crippen molar-refractivity contribution in [2.45, 2.75) is 33.2 Å². The summed E-state index contributed by atoms with van der Waals surface area (Å²) in [6.07, 6.45) is 0.130. The maximum Gasteiger partial charge on any atom is 0.329 e. The van der Waals surface area contributed by atoms with E-state index in [1.807, 2.05) is 30.3 Å². The zero-order valence-corrected chi connectivity index (χ0v) is 19.2. The van der Waals surface area contributed by atoms with Gasteiger partial charge in [-0.15, -0.1) is 0 Å². The van der Waals surface area contributed by atoms with Crippen LogP contribution in [0.15, 0.2) is 60.7 Å². The Morgan fingerprint density at radius 1 is 1.03 bits per heavy atom. The molecule has 3 rings (SSSR count). The first kappa shape index (κ1) is 24.6. The van der Waals surface area contributed by atoms with Gasteiger partial charge in [0, 0.05) is 6.07 Å². The van der Waals surface area contributed by atoms with E-state index >= 15 is 0 Å². The molecule has 0 unspecified atom stereocenters. The van der Waals surface area contributed by atoms with Gasteiger partial charge in [0.15, 0.2) is 6.61 Å². The highest BCUT2D eigenvalue weighted by atomic mass is 19.1. The normalized spacial score (nSPS) is 11.7. The van der Waals surface area contributed by atoms with E-state index in [0.717, 1.165) is 5.56 Å². The van der Waals surface area contributed by atoms with Crippen LogP contribution in [0.1, 0.15) is 25.1 Å². The molecule has 0 fully saturated rings. The van der Waals surface area contributed by atoms with Crippen molar-refractivity contribution in [1.29, 1.82) is 0 Å². The number of esters is 1. The van der Waals surface area contributed by atoms with Gasteiger partial charge in [0.05, 0.1) is 17.8 Å². The average molecular weight is 467 g/mol. The fourth-order valence-electron chi connectivity index (χ4n) is 3.28. The maximum absolute atomic E-state index is 13.2. The highest BCUT2D eigenvalue weighted by Crippen LogP contribution is 2.17. The van der Waals surface area contributed by atoms with Gasteiger partial charge in [-0.2, -0.15) is 5.10 Å². The van der Waals surface area contributed by atoms with Crippen LogP contribution in [-0.4, -0.2) is 40.2 Å². The first-order valence-corrected chi connectivity index (χ1v) is 10.9. The van der Waals surface area contributed by atoms with E-state index in [4.69, 9.17) is 4.74 Å². The molecule has 178 valence electrons. The summed E-state index contributed by atoms with van der Waals surface area (Å²) in [5.41, 5.74) is 2.02. The van der Waals surface area contributed by atoms with E-state index in [9.17, 15) is 18.8 Å². The van der Waals surface area contributed by atoms with Gasteiger partial charge in [0.25, 0.3) is 5.91 Å². The summed E-state index contributed by atoms with van der Waals surface area (Å²) < 4.78 is 19.9. The smallest absolute Gasteiger partial charge is 0.329 e. The number of hydrogen-bond donors (Lipinski definition) is 2. The molecule has 3 aromatic rings. The second kappa shape index (κ2) is 11.2. The fraction of sp³-hybridized carbons (Fsp3) is 0.280. The Hall–Kier alpha value is -4.01. The number of hydrogen-bond acceptors (Lipinski definition) is 5. The van der Waals surface area contributed by atoms with Gasteiger partial charge in [-0.3, -0.25) is 9.59 Å². The third-order valence-corrected chi connectivity index (χ3v) is 4.96. The Morgan fingerprint density at radius 2 is 1.71 bits per heavy atom. The van der Waals surface area contributed by atoms with Gasteiger partial charge in [0.1, 0.15) is 17.7 Å². The van der Waals surface area contributed by atoms with Gasteiger partial charge < -0.3 is 15.4 Å². The second-order valence-electron chi connectivity index (χ2n) is 8.17. The monoisotopic (exact) mass is 466 g/mol. The van der Waals surface area contributed by atoms with Crippen molar-refractivity contribution in [3.05, 3.63) is 77.7 Å².